The molecule has 0 radical (unpaired) electrons. The van der Waals surface area contributed by atoms with Crippen LogP contribution in [0.3, 0.4) is 0 Å². The number of hydrogen-bond donors (Lipinski definition) is 1. The van der Waals surface area contributed by atoms with Gasteiger partial charge in [-0.15, -0.1) is 0 Å². The molecule has 1 aromatic carbocycles. The van der Waals surface area contributed by atoms with Crippen molar-refractivity contribution < 1.29 is 14.6 Å². The summed E-state index contributed by atoms with van der Waals surface area (Å²) < 4.78 is 6.29. The monoisotopic (exact) mass is 426 g/mol. The van der Waals surface area contributed by atoms with Gasteiger partial charge in [-0.3, -0.25) is 0 Å². The van der Waals surface area contributed by atoms with Crippen LogP contribution in [0, 0.1) is 23.7 Å². The van der Waals surface area contributed by atoms with Crippen LogP contribution in [0.4, 0.5) is 0 Å². The maximum atomic E-state index is 12.1. The third-order valence-corrected chi connectivity index (χ3v) is 8.59. The van der Waals surface area contributed by atoms with Gasteiger partial charge in [0, 0.05) is 0 Å². The van der Waals surface area contributed by atoms with Crippen LogP contribution in [-0.2, 0) is 9.53 Å². The molecule has 26 heavy (non-hydrogen) atoms. The SMILES string of the molecule is COC(=O)C(CCCCC[C@@H]1[C@@H](CO)[C@H](C)C[C@@H]1C)[Se]c1ccccc1. The Labute approximate surface area is 165 Å². The Balaban J connectivity index is 1.74. The van der Waals surface area contributed by atoms with Crippen LogP contribution in [0.15, 0.2) is 30.3 Å². The van der Waals surface area contributed by atoms with Crippen molar-refractivity contribution in [1.82, 2.24) is 0 Å². The molecule has 0 aromatic heterocycles. The fourth-order valence-corrected chi connectivity index (χ4v) is 6.85. The molecule has 0 bridgehead atoms. The Morgan fingerprint density at radius 1 is 1.15 bits per heavy atom. The van der Waals surface area contributed by atoms with E-state index >= 15 is 0 Å². The van der Waals surface area contributed by atoms with Crippen molar-refractivity contribution in [2.45, 2.75) is 57.2 Å². The van der Waals surface area contributed by atoms with E-state index in [1.165, 1.54) is 30.8 Å². The Morgan fingerprint density at radius 3 is 2.50 bits per heavy atom. The number of unbranched alkanes of at least 4 members (excludes halogenated alkanes) is 2. The van der Waals surface area contributed by atoms with E-state index in [-0.39, 0.29) is 25.7 Å². The van der Waals surface area contributed by atoms with Crippen LogP contribution in [0.2, 0.25) is 4.82 Å². The van der Waals surface area contributed by atoms with Gasteiger partial charge in [0.25, 0.3) is 0 Å². The second kappa shape index (κ2) is 11.1. The van der Waals surface area contributed by atoms with Gasteiger partial charge < -0.3 is 0 Å². The van der Waals surface area contributed by atoms with Crippen molar-refractivity contribution in [1.29, 1.82) is 0 Å². The fourth-order valence-electron chi connectivity index (χ4n) is 4.50. The predicted octanol–water partition coefficient (Wildman–Crippen LogP) is 3.83. The van der Waals surface area contributed by atoms with Crippen LogP contribution >= 0.6 is 0 Å². The second-order valence-electron chi connectivity index (χ2n) is 7.78. The molecule has 1 saturated carbocycles. The molecule has 0 aliphatic heterocycles. The van der Waals surface area contributed by atoms with Gasteiger partial charge >= 0.3 is 165 Å². The molecule has 0 spiro atoms. The first-order chi connectivity index (χ1) is 12.6. The molecule has 1 aliphatic carbocycles. The van der Waals surface area contributed by atoms with E-state index in [9.17, 15) is 9.90 Å². The first kappa shape index (κ1) is 21.5. The van der Waals surface area contributed by atoms with Crippen LogP contribution < -0.4 is 4.46 Å². The molecule has 146 valence electrons. The molecular formula is C22H34O3Se. The molecule has 1 aliphatic rings. The average molecular weight is 425 g/mol. The molecule has 1 unspecified atom stereocenters. The zero-order chi connectivity index (χ0) is 18.9. The molecule has 4 heteroatoms. The van der Waals surface area contributed by atoms with Gasteiger partial charge in [-0.2, -0.15) is 0 Å². The van der Waals surface area contributed by atoms with E-state index in [0.717, 1.165) is 25.2 Å². The van der Waals surface area contributed by atoms with Crippen molar-refractivity contribution >= 4 is 25.4 Å². The number of carbonyl (C=O) groups excluding carboxylic acids is 1. The number of aliphatic hydroxyl groups is 1. The zero-order valence-corrected chi connectivity index (χ0v) is 18.1. The van der Waals surface area contributed by atoms with Crippen LogP contribution in [0.25, 0.3) is 0 Å². The van der Waals surface area contributed by atoms with Crippen molar-refractivity contribution in [2.24, 2.45) is 23.7 Å². The van der Waals surface area contributed by atoms with Gasteiger partial charge in [0.2, 0.25) is 0 Å². The fraction of sp³-hybridized carbons (Fsp3) is 0.682. The standard InChI is InChI=1S/C22H34O3Se/c1-16-14-17(2)20(15-23)19(16)12-8-5-9-13-21(22(24)25-3)26-18-10-6-4-7-11-18/h4,6-7,10-11,16-17,19-21,23H,5,8-9,12-15H2,1-3H3/t16-,17+,19-,20-,21?/m0/s1. The third kappa shape index (κ3) is 6.11. The molecule has 1 aromatic rings. The normalized spacial score (nSPS) is 26.6. The van der Waals surface area contributed by atoms with Crippen molar-refractivity contribution in [3.8, 4) is 0 Å². The van der Waals surface area contributed by atoms with Crippen molar-refractivity contribution in [3.63, 3.8) is 0 Å². The summed E-state index contributed by atoms with van der Waals surface area (Å²) >= 11 is 0.131. The van der Waals surface area contributed by atoms with E-state index in [4.69, 9.17) is 4.74 Å². The first-order valence-electron chi connectivity index (χ1n) is 9.97. The van der Waals surface area contributed by atoms with E-state index < -0.39 is 0 Å². The Kier molecular flexibility index (Phi) is 9.18. The summed E-state index contributed by atoms with van der Waals surface area (Å²) in [6, 6.07) is 10.3. The Morgan fingerprint density at radius 2 is 1.85 bits per heavy atom. The summed E-state index contributed by atoms with van der Waals surface area (Å²) in [7, 11) is 1.49. The summed E-state index contributed by atoms with van der Waals surface area (Å²) in [5.41, 5.74) is 0. The molecule has 1 fully saturated rings. The van der Waals surface area contributed by atoms with Gasteiger partial charge in [-0.25, -0.2) is 0 Å². The summed E-state index contributed by atoms with van der Waals surface area (Å²) in [4.78, 5) is 12.1. The van der Waals surface area contributed by atoms with E-state index in [1.54, 1.807) is 0 Å². The number of hydrogen-bond acceptors (Lipinski definition) is 3. The average Bonchev–Trinajstić information content (AvgIpc) is 2.93. The molecule has 1 N–H and O–H groups in total. The number of aliphatic hydroxyl groups excluding tert-OH is 1. The minimum absolute atomic E-state index is 0.0190. The van der Waals surface area contributed by atoms with Crippen LogP contribution in [-0.4, -0.2) is 39.7 Å². The number of benzene rings is 1. The van der Waals surface area contributed by atoms with Gasteiger partial charge in [0.05, 0.1) is 0 Å². The van der Waals surface area contributed by atoms with Crippen molar-refractivity contribution in [2.75, 3.05) is 13.7 Å². The molecule has 0 heterocycles. The Hall–Kier alpha value is -0.831. The van der Waals surface area contributed by atoms with Crippen LogP contribution in [0.1, 0.15) is 52.4 Å². The maximum absolute atomic E-state index is 12.1. The molecule has 2 rings (SSSR count). The predicted molar refractivity (Wildman–Crippen MR) is 108 cm³/mol. The van der Waals surface area contributed by atoms with Gasteiger partial charge in [-0.05, 0) is 0 Å². The Bertz CT molecular complexity index is 533. The quantitative estimate of drug-likeness (QED) is 0.352. The summed E-state index contributed by atoms with van der Waals surface area (Å²) in [6.45, 7) is 4.96. The number of ether oxygens (including phenoxy) is 1. The van der Waals surface area contributed by atoms with Gasteiger partial charge in [-0.1, -0.05) is 0 Å². The molecule has 0 amide bonds. The number of carbonyl (C=O) groups is 1. The van der Waals surface area contributed by atoms with E-state index in [1.807, 2.05) is 18.2 Å². The van der Waals surface area contributed by atoms with E-state index in [2.05, 4.69) is 26.0 Å². The number of rotatable bonds is 10. The minimum atomic E-state index is -0.0626. The molecule has 0 saturated heterocycles. The summed E-state index contributed by atoms with van der Waals surface area (Å²) in [5.74, 6) is 2.46. The van der Waals surface area contributed by atoms with Gasteiger partial charge in [0.15, 0.2) is 0 Å². The molecule has 3 nitrogen and oxygen atoms in total. The first-order valence-corrected chi connectivity index (χ1v) is 11.8. The third-order valence-electron chi connectivity index (χ3n) is 5.96. The second-order valence-corrected chi connectivity index (χ2v) is 10.5. The summed E-state index contributed by atoms with van der Waals surface area (Å²) in [5, 5.41) is 9.68. The van der Waals surface area contributed by atoms with Gasteiger partial charge in [0.1, 0.15) is 0 Å². The summed E-state index contributed by atoms with van der Waals surface area (Å²) in [6.07, 6.45) is 6.82. The zero-order valence-electron chi connectivity index (χ0n) is 16.4. The molecular weight excluding hydrogens is 391 g/mol. The molecule has 5 atom stereocenters. The van der Waals surface area contributed by atoms with E-state index in [0.29, 0.717) is 24.4 Å². The van der Waals surface area contributed by atoms with Crippen molar-refractivity contribution in [3.05, 3.63) is 30.3 Å². The topological polar surface area (TPSA) is 46.5 Å². The number of methoxy groups -OCH3 is 1. The van der Waals surface area contributed by atoms with Crippen LogP contribution in [0.5, 0.6) is 0 Å². The number of esters is 1.